The van der Waals surface area contributed by atoms with Crippen molar-refractivity contribution >= 4 is 16.6 Å². The van der Waals surface area contributed by atoms with E-state index in [4.69, 9.17) is 5.73 Å². The van der Waals surface area contributed by atoms with Crippen molar-refractivity contribution in [3.05, 3.63) is 36.0 Å². The maximum atomic E-state index is 5.81. The van der Waals surface area contributed by atoms with Gasteiger partial charge in [-0.3, -0.25) is 4.98 Å². The van der Waals surface area contributed by atoms with Crippen molar-refractivity contribution in [3.63, 3.8) is 0 Å². The monoisotopic (exact) mass is 269 g/mol. The standard InChI is InChI=1S/C17H23N3/c1-20(14-7-3-2-4-8-14)17-11-13(12-18)19-16-10-6-5-9-15(16)17/h5-6,9-11,14H,2-4,7-8,12,18H2,1H3. The van der Waals surface area contributed by atoms with E-state index in [1.54, 1.807) is 0 Å². The maximum absolute atomic E-state index is 5.81. The van der Waals surface area contributed by atoms with Crippen molar-refractivity contribution in [2.75, 3.05) is 11.9 Å². The van der Waals surface area contributed by atoms with Crippen LogP contribution in [0.5, 0.6) is 0 Å². The average Bonchev–Trinajstić information content (AvgIpc) is 2.54. The second kappa shape index (κ2) is 5.80. The van der Waals surface area contributed by atoms with Gasteiger partial charge in [-0.25, -0.2) is 0 Å². The molecule has 0 radical (unpaired) electrons. The van der Waals surface area contributed by atoms with Gasteiger partial charge in [0.2, 0.25) is 0 Å². The molecular weight excluding hydrogens is 246 g/mol. The molecule has 0 atom stereocenters. The minimum absolute atomic E-state index is 0.496. The fourth-order valence-electron chi connectivity index (χ4n) is 3.27. The van der Waals surface area contributed by atoms with E-state index in [0.717, 1.165) is 11.2 Å². The minimum Gasteiger partial charge on any atom is -0.371 e. The summed E-state index contributed by atoms with van der Waals surface area (Å²) in [5, 5.41) is 1.23. The smallest absolute Gasteiger partial charge is 0.0726 e. The normalized spacial score (nSPS) is 16.5. The molecule has 1 fully saturated rings. The third kappa shape index (κ3) is 2.50. The predicted octanol–water partition coefficient (Wildman–Crippen LogP) is 3.46. The molecule has 0 spiro atoms. The van der Waals surface area contributed by atoms with E-state index in [2.05, 4.69) is 41.2 Å². The summed E-state index contributed by atoms with van der Waals surface area (Å²) in [5.41, 5.74) is 9.11. The van der Waals surface area contributed by atoms with Crippen LogP contribution in [0.3, 0.4) is 0 Å². The summed E-state index contributed by atoms with van der Waals surface area (Å²) in [4.78, 5) is 7.08. The summed E-state index contributed by atoms with van der Waals surface area (Å²) in [5.74, 6) is 0. The highest BCUT2D eigenvalue weighted by atomic mass is 15.1. The van der Waals surface area contributed by atoms with Gasteiger partial charge in [-0.1, -0.05) is 37.5 Å². The Kier molecular flexibility index (Phi) is 3.88. The van der Waals surface area contributed by atoms with Crippen molar-refractivity contribution in [2.45, 2.75) is 44.7 Å². The molecule has 0 unspecified atom stereocenters. The Balaban J connectivity index is 2.04. The number of rotatable bonds is 3. The highest BCUT2D eigenvalue weighted by molar-refractivity contribution is 5.92. The quantitative estimate of drug-likeness (QED) is 0.927. The first-order chi connectivity index (χ1) is 9.79. The number of nitrogens with two attached hydrogens (primary N) is 1. The van der Waals surface area contributed by atoms with Crippen LogP contribution in [0.4, 0.5) is 5.69 Å². The van der Waals surface area contributed by atoms with Crippen molar-refractivity contribution in [1.29, 1.82) is 0 Å². The van der Waals surface area contributed by atoms with Gasteiger partial charge in [0.25, 0.3) is 0 Å². The Labute approximate surface area is 120 Å². The molecule has 0 saturated heterocycles. The molecule has 1 aromatic carbocycles. The Bertz CT molecular complexity index is 588. The molecule has 2 N–H and O–H groups in total. The number of aromatic nitrogens is 1. The van der Waals surface area contributed by atoms with Crippen LogP contribution < -0.4 is 10.6 Å². The van der Waals surface area contributed by atoms with Gasteiger partial charge in [0.1, 0.15) is 0 Å². The molecule has 1 heterocycles. The Morgan fingerprint density at radius 1 is 1.20 bits per heavy atom. The summed E-state index contributed by atoms with van der Waals surface area (Å²) < 4.78 is 0. The SMILES string of the molecule is CN(c1cc(CN)nc2ccccc12)C1CCCCC1. The summed E-state index contributed by atoms with van der Waals surface area (Å²) in [6.07, 6.45) is 6.68. The van der Waals surface area contributed by atoms with Gasteiger partial charge in [-0.2, -0.15) is 0 Å². The predicted molar refractivity (Wildman–Crippen MR) is 84.9 cm³/mol. The first-order valence-electron chi connectivity index (χ1n) is 7.61. The highest BCUT2D eigenvalue weighted by Gasteiger charge is 2.20. The molecule has 0 aliphatic heterocycles. The summed E-state index contributed by atoms with van der Waals surface area (Å²) in [6, 6.07) is 11.2. The largest absolute Gasteiger partial charge is 0.371 e. The number of hydrogen-bond acceptors (Lipinski definition) is 3. The second-order valence-corrected chi connectivity index (χ2v) is 5.76. The molecule has 1 aliphatic carbocycles. The third-order valence-corrected chi connectivity index (χ3v) is 4.46. The zero-order chi connectivity index (χ0) is 13.9. The highest BCUT2D eigenvalue weighted by Crippen LogP contribution is 2.31. The van der Waals surface area contributed by atoms with E-state index in [9.17, 15) is 0 Å². The molecule has 0 amide bonds. The third-order valence-electron chi connectivity index (χ3n) is 4.46. The first-order valence-corrected chi connectivity index (χ1v) is 7.61. The lowest BCUT2D eigenvalue weighted by atomic mass is 9.94. The molecule has 1 aliphatic rings. The molecule has 20 heavy (non-hydrogen) atoms. The van der Waals surface area contributed by atoms with Crippen LogP contribution in [0.1, 0.15) is 37.8 Å². The molecular formula is C17H23N3. The maximum Gasteiger partial charge on any atom is 0.0726 e. The van der Waals surface area contributed by atoms with Crippen molar-refractivity contribution in [3.8, 4) is 0 Å². The Morgan fingerprint density at radius 2 is 1.95 bits per heavy atom. The van der Waals surface area contributed by atoms with E-state index in [1.165, 1.54) is 43.2 Å². The lowest BCUT2D eigenvalue weighted by Gasteiger charge is -2.33. The molecule has 1 aromatic heterocycles. The number of fused-ring (bicyclic) bond motifs is 1. The van der Waals surface area contributed by atoms with Gasteiger partial charge in [0, 0.05) is 30.7 Å². The van der Waals surface area contributed by atoms with Gasteiger partial charge in [0.15, 0.2) is 0 Å². The number of hydrogen-bond donors (Lipinski definition) is 1. The van der Waals surface area contributed by atoms with Gasteiger partial charge in [0.05, 0.1) is 11.2 Å². The molecule has 0 bridgehead atoms. The van der Waals surface area contributed by atoms with Gasteiger partial charge in [-0.05, 0) is 25.0 Å². The fourth-order valence-corrected chi connectivity index (χ4v) is 3.27. The molecule has 3 rings (SSSR count). The van der Waals surface area contributed by atoms with Crippen LogP contribution in [0, 0.1) is 0 Å². The summed E-state index contributed by atoms with van der Waals surface area (Å²) in [6.45, 7) is 0.496. The van der Waals surface area contributed by atoms with Gasteiger partial charge in [-0.15, -0.1) is 0 Å². The number of anilines is 1. The van der Waals surface area contributed by atoms with Crippen LogP contribution in [0.15, 0.2) is 30.3 Å². The van der Waals surface area contributed by atoms with Crippen LogP contribution in [-0.2, 0) is 6.54 Å². The molecule has 106 valence electrons. The van der Waals surface area contributed by atoms with E-state index >= 15 is 0 Å². The molecule has 2 aromatic rings. The lowest BCUT2D eigenvalue weighted by Crippen LogP contribution is -2.33. The van der Waals surface area contributed by atoms with Crippen molar-refractivity contribution in [2.24, 2.45) is 5.73 Å². The number of pyridine rings is 1. The van der Waals surface area contributed by atoms with E-state index in [0.29, 0.717) is 12.6 Å². The Hall–Kier alpha value is -1.61. The first kappa shape index (κ1) is 13.4. The summed E-state index contributed by atoms with van der Waals surface area (Å²) >= 11 is 0. The Morgan fingerprint density at radius 3 is 2.70 bits per heavy atom. The lowest BCUT2D eigenvalue weighted by molar-refractivity contribution is 0.428. The van der Waals surface area contributed by atoms with E-state index < -0.39 is 0 Å². The number of benzene rings is 1. The van der Waals surface area contributed by atoms with Crippen LogP contribution in [0.2, 0.25) is 0 Å². The fraction of sp³-hybridized carbons (Fsp3) is 0.471. The summed E-state index contributed by atoms with van der Waals surface area (Å²) in [7, 11) is 2.22. The zero-order valence-electron chi connectivity index (χ0n) is 12.2. The van der Waals surface area contributed by atoms with Crippen LogP contribution >= 0.6 is 0 Å². The second-order valence-electron chi connectivity index (χ2n) is 5.76. The zero-order valence-corrected chi connectivity index (χ0v) is 12.2. The van der Waals surface area contributed by atoms with Gasteiger partial charge >= 0.3 is 0 Å². The van der Waals surface area contributed by atoms with E-state index in [-0.39, 0.29) is 0 Å². The minimum atomic E-state index is 0.496. The molecule has 3 heteroatoms. The van der Waals surface area contributed by atoms with Gasteiger partial charge < -0.3 is 10.6 Å². The van der Waals surface area contributed by atoms with Crippen molar-refractivity contribution < 1.29 is 0 Å². The topological polar surface area (TPSA) is 42.1 Å². The molecule has 1 saturated carbocycles. The number of nitrogens with zero attached hydrogens (tertiary/aromatic N) is 2. The average molecular weight is 269 g/mol. The van der Waals surface area contributed by atoms with E-state index in [1.807, 2.05) is 6.07 Å². The van der Waals surface area contributed by atoms with Crippen LogP contribution in [0.25, 0.3) is 10.9 Å². The van der Waals surface area contributed by atoms with Crippen molar-refractivity contribution in [1.82, 2.24) is 4.98 Å². The van der Waals surface area contributed by atoms with Crippen LogP contribution in [-0.4, -0.2) is 18.1 Å². The molecule has 3 nitrogen and oxygen atoms in total. The number of para-hydroxylation sites is 1.